The first-order valence-corrected chi connectivity index (χ1v) is 9.16. The van der Waals surface area contributed by atoms with Gasteiger partial charge >= 0.3 is 0 Å². The molecule has 1 N–H and O–H groups in total. The zero-order chi connectivity index (χ0) is 19.0. The Morgan fingerprint density at radius 1 is 1.35 bits per heavy atom. The lowest BCUT2D eigenvalue weighted by Crippen LogP contribution is -2.30. The Morgan fingerprint density at radius 2 is 2.08 bits per heavy atom. The molecule has 136 valence electrons. The van der Waals surface area contributed by atoms with Crippen LogP contribution in [-0.4, -0.2) is 17.8 Å². The SMILES string of the molecule is Cc1ccc(NC(=O)[C@H](C)Oc2ccc(F)c3c2C(=O)C[C@H]3C)c(Br)c1. The van der Waals surface area contributed by atoms with Gasteiger partial charge in [-0.05, 0) is 65.5 Å². The third-order valence-electron chi connectivity index (χ3n) is 4.47. The van der Waals surface area contributed by atoms with E-state index in [0.717, 1.165) is 10.0 Å². The Morgan fingerprint density at radius 3 is 2.77 bits per heavy atom. The maximum atomic E-state index is 14.1. The zero-order valence-corrected chi connectivity index (χ0v) is 16.3. The number of nitrogens with one attached hydrogen (secondary N) is 1. The van der Waals surface area contributed by atoms with E-state index in [1.54, 1.807) is 13.0 Å². The summed E-state index contributed by atoms with van der Waals surface area (Å²) in [6.07, 6.45) is -0.592. The van der Waals surface area contributed by atoms with Gasteiger partial charge in [0, 0.05) is 16.5 Å². The number of halogens is 2. The maximum absolute atomic E-state index is 14.1. The Bertz CT molecular complexity index is 897. The standard InChI is InChI=1S/C20H19BrFNO3/c1-10-4-6-15(13(21)8-10)23-20(25)12(3)26-17-7-5-14(22)18-11(2)9-16(24)19(17)18/h4-8,11-12H,9H2,1-3H3,(H,23,25)/t11-,12+/m1/s1. The molecule has 1 amide bonds. The van der Waals surface area contributed by atoms with Crippen LogP contribution in [0.15, 0.2) is 34.8 Å². The molecule has 0 unspecified atom stereocenters. The molecule has 0 fully saturated rings. The molecule has 0 saturated carbocycles. The lowest BCUT2D eigenvalue weighted by atomic mass is 10.0. The fraction of sp³-hybridized carbons (Fsp3) is 0.300. The van der Waals surface area contributed by atoms with Crippen molar-refractivity contribution in [2.45, 2.75) is 39.2 Å². The highest BCUT2D eigenvalue weighted by Crippen LogP contribution is 2.40. The summed E-state index contributed by atoms with van der Waals surface area (Å²) in [7, 11) is 0. The number of carbonyl (C=O) groups is 2. The number of carbonyl (C=O) groups excluding carboxylic acids is 2. The number of ketones is 1. The predicted octanol–water partition coefficient (Wildman–Crippen LogP) is 4.99. The fourth-order valence-corrected chi connectivity index (χ4v) is 3.72. The highest BCUT2D eigenvalue weighted by atomic mass is 79.9. The van der Waals surface area contributed by atoms with Gasteiger partial charge in [-0.3, -0.25) is 9.59 Å². The number of hydrogen-bond donors (Lipinski definition) is 1. The van der Waals surface area contributed by atoms with E-state index in [9.17, 15) is 14.0 Å². The van der Waals surface area contributed by atoms with Gasteiger partial charge < -0.3 is 10.1 Å². The molecule has 2 atom stereocenters. The summed E-state index contributed by atoms with van der Waals surface area (Å²) in [6, 6.07) is 8.28. The van der Waals surface area contributed by atoms with Gasteiger partial charge in [0.1, 0.15) is 11.6 Å². The number of aryl methyl sites for hydroxylation is 1. The Balaban J connectivity index is 1.79. The van der Waals surface area contributed by atoms with Gasteiger partial charge in [-0.2, -0.15) is 0 Å². The Hall–Kier alpha value is -2.21. The molecule has 1 aliphatic carbocycles. The van der Waals surface area contributed by atoms with Crippen molar-refractivity contribution in [2.75, 3.05) is 5.32 Å². The number of amides is 1. The number of hydrogen-bond acceptors (Lipinski definition) is 3. The van der Waals surface area contributed by atoms with Gasteiger partial charge in [0.25, 0.3) is 5.91 Å². The van der Waals surface area contributed by atoms with Crippen LogP contribution in [0.25, 0.3) is 0 Å². The molecule has 0 bridgehead atoms. The van der Waals surface area contributed by atoms with Gasteiger partial charge in [0.05, 0.1) is 11.3 Å². The largest absolute Gasteiger partial charge is 0.480 e. The first kappa shape index (κ1) is 18.6. The average molecular weight is 420 g/mol. The first-order chi connectivity index (χ1) is 12.3. The molecule has 1 aliphatic rings. The molecule has 0 spiro atoms. The second-order valence-corrected chi connectivity index (χ2v) is 7.45. The van der Waals surface area contributed by atoms with Gasteiger partial charge in [0.2, 0.25) is 0 Å². The summed E-state index contributed by atoms with van der Waals surface area (Å²) in [6.45, 7) is 5.35. The van der Waals surface area contributed by atoms with E-state index >= 15 is 0 Å². The van der Waals surface area contributed by atoms with E-state index in [-0.39, 0.29) is 35.3 Å². The minimum absolute atomic E-state index is 0.157. The van der Waals surface area contributed by atoms with Crippen LogP contribution in [0.5, 0.6) is 5.75 Å². The third-order valence-corrected chi connectivity index (χ3v) is 5.13. The quantitative estimate of drug-likeness (QED) is 0.758. The van der Waals surface area contributed by atoms with Crippen LogP contribution >= 0.6 is 15.9 Å². The van der Waals surface area contributed by atoms with Crippen molar-refractivity contribution < 1.29 is 18.7 Å². The van der Waals surface area contributed by atoms with E-state index < -0.39 is 11.9 Å². The topological polar surface area (TPSA) is 55.4 Å². The molecule has 0 saturated heterocycles. The average Bonchev–Trinajstić information content (AvgIpc) is 2.88. The third kappa shape index (κ3) is 3.51. The minimum atomic E-state index is -0.846. The lowest BCUT2D eigenvalue weighted by Gasteiger charge is -2.18. The summed E-state index contributed by atoms with van der Waals surface area (Å²) in [5.41, 5.74) is 2.33. The lowest BCUT2D eigenvalue weighted by molar-refractivity contribution is -0.122. The number of Topliss-reactive ketones (excluding diaryl/α,β-unsaturated/α-hetero) is 1. The maximum Gasteiger partial charge on any atom is 0.265 e. The summed E-state index contributed by atoms with van der Waals surface area (Å²) < 4.78 is 20.5. The van der Waals surface area contributed by atoms with Gasteiger partial charge in [-0.15, -0.1) is 0 Å². The predicted molar refractivity (Wildman–Crippen MR) is 101 cm³/mol. The highest BCUT2D eigenvalue weighted by molar-refractivity contribution is 9.10. The molecule has 26 heavy (non-hydrogen) atoms. The van der Waals surface area contributed by atoms with Crippen LogP contribution < -0.4 is 10.1 Å². The second kappa shape index (κ2) is 7.19. The molecule has 0 radical (unpaired) electrons. The van der Waals surface area contributed by atoms with E-state index in [4.69, 9.17) is 4.74 Å². The van der Waals surface area contributed by atoms with E-state index in [0.29, 0.717) is 11.3 Å². The molecular weight excluding hydrogens is 401 g/mol. The number of rotatable bonds is 4. The van der Waals surface area contributed by atoms with Crippen molar-refractivity contribution in [1.29, 1.82) is 0 Å². The number of fused-ring (bicyclic) bond motifs is 1. The summed E-state index contributed by atoms with van der Waals surface area (Å²) in [5.74, 6) is -0.858. The van der Waals surface area contributed by atoms with Crippen molar-refractivity contribution in [3.8, 4) is 5.75 Å². The summed E-state index contributed by atoms with van der Waals surface area (Å²) in [5, 5.41) is 2.79. The number of benzene rings is 2. The first-order valence-electron chi connectivity index (χ1n) is 8.37. The molecule has 4 nitrogen and oxygen atoms in total. The molecule has 0 aromatic heterocycles. The van der Waals surface area contributed by atoms with E-state index in [1.165, 1.54) is 12.1 Å². The fourth-order valence-electron chi connectivity index (χ4n) is 3.12. The normalized spacial score (nSPS) is 17.0. The van der Waals surface area contributed by atoms with Gasteiger partial charge in [-0.1, -0.05) is 13.0 Å². The highest BCUT2D eigenvalue weighted by Gasteiger charge is 2.33. The van der Waals surface area contributed by atoms with Crippen LogP contribution in [0.3, 0.4) is 0 Å². The van der Waals surface area contributed by atoms with Crippen molar-refractivity contribution in [2.24, 2.45) is 0 Å². The molecule has 3 rings (SSSR count). The van der Waals surface area contributed by atoms with Crippen molar-refractivity contribution in [3.63, 3.8) is 0 Å². The summed E-state index contributed by atoms with van der Waals surface area (Å²) >= 11 is 3.41. The molecule has 2 aromatic carbocycles. The number of anilines is 1. The molecule has 0 aliphatic heterocycles. The van der Waals surface area contributed by atoms with Crippen LogP contribution in [0, 0.1) is 12.7 Å². The molecule has 0 heterocycles. The van der Waals surface area contributed by atoms with Gasteiger partial charge in [0.15, 0.2) is 11.9 Å². The van der Waals surface area contributed by atoms with Crippen molar-refractivity contribution >= 4 is 33.3 Å². The van der Waals surface area contributed by atoms with Crippen LogP contribution in [0.4, 0.5) is 10.1 Å². The molecule has 2 aromatic rings. The molecule has 6 heteroatoms. The van der Waals surface area contributed by atoms with Gasteiger partial charge in [-0.25, -0.2) is 4.39 Å². The van der Waals surface area contributed by atoms with E-state index in [2.05, 4.69) is 21.2 Å². The zero-order valence-electron chi connectivity index (χ0n) is 14.7. The second-order valence-electron chi connectivity index (χ2n) is 6.60. The van der Waals surface area contributed by atoms with E-state index in [1.807, 2.05) is 26.0 Å². The number of ether oxygens (including phenoxy) is 1. The van der Waals surface area contributed by atoms with Crippen LogP contribution in [0.2, 0.25) is 0 Å². The van der Waals surface area contributed by atoms with Crippen LogP contribution in [-0.2, 0) is 4.79 Å². The minimum Gasteiger partial charge on any atom is -0.480 e. The van der Waals surface area contributed by atoms with Crippen LogP contribution in [0.1, 0.15) is 47.7 Å². The molecular formula is C20H19BrFNO3. The summed E-state index contributed by atoms with van der Waals surface area (Å²) in [4.78, 5) is 24.7. The van der Waals surface area contributed by atoms with Crippen molar-refractivity contribution in [1.82, 2.24) is 0 Å². The van der Waals surface area contributed by atoms with Crippen molar-refractivity contribution in [3.05, 3.63) is 57.3 Å². The Kier molecular flexibility index (Phi) is 5.14. The smallest absolute Gasteiger partial charge is 0.265 e. The monoisotopic (exact) mass is 419 g/mol. The Labute approximate surface area is 159 Å².